The van der Waals surface area contributed by atoms with E-state index in [9.17, 15) is 9.90 Å². The maximum absolute atomic E-state index is 11.8. The van der Waals surface area contributed by atoms with Crippen molar-refractivity contribution in [3.05, 3.63) is 0 Å². The molecular formula is C23H39ClN2O3. The zero-order valence-electron chi connectivity index (χ0n) is 17.9. The van der Waals surface area contributed by atoms with Crippen LogP contribution >= 0.6 is 11.6 Å². The molecule has 0 aromatic carbocycles. The normalized spacial score (nSPS) is 42.8. The second-order valence-corrected chi connectivity index (χ2v) is 10.6. The summed E-state index contributed by atoms with van der Waals surface area (Å²) in [4.78, 5) is 11.8. The van der Waals surface area contributed by atoms with Crippen molar-refractivity contribution in [2.24, 2.45) is 17.8 Å². The van der Waals surface area contributed by atoms with Crippen LogP contribution in [-0.4, -0.2) is 52.8 Å². The minimum Gasteiger partial charge on any atom is -0.480 e. The van der Waals surface area contributed by atoms with Gasteiger partial charge in [0.2, 0.25) is 0 Å². The summed E-state index contributed by atoms with van der Waals surface area (Å²) in [6.45, 7) is 0. The zero-order valence-corrected chi connectivity index (χ0v) is 18.7. The molecule has 0 bridgehead atoms. The van der Waals surface area contributed by atoms with Crippen LogP contribution in [-0.2, 0) is 9.53 Å². The van der Waals surface area contributed by atoms with Crippen molar-refractivity contribution in [3.8, 4) is 0 Å². The molecule has 0 spiro atoms. The Morgan fingerprint density at radius 3 is 2.45 bits per heavy atom. The highest BCUT2D eigenvalue weighted by molar-refractivity contribution is 6.20. The zero-order chi connectivity index (χ0) is 20.4. The Bertz CT molecular complexity index is 556. The molecule has 3 saturated carbocycles. The lowest BCUT2D eigenvalue weighted by molar-refractivity contribution is -0.139. The van der Waals surface area contributed by atoms with Crippen molar-refractivity contribution in [1.29, 1.82) is 0 Å². The molecule has 166 valence electrons. The van der Waals surface area contributed by atoms with Crippen molar-refractivity contribution >= 4 is 17.6 Å². The number of hydrogen-bond acceptors (Lipinski definition) is 4. The van der Waals surface area contributed by atoms with Gasteiger partial charge in [-0.25, -0.2) is 10.4 Å². The predicted octanol–water partition coefficient (Wildman–Crippen LogP) is 4.58. The highest BCUT2D eigenvalue weighted by atomic mass is 35.5. The van der Waals surface area contributed by atoms with E-state index >= 15 is 0 Å². The van der Waals surface area contributed by atoms with Crippen molar-refractivity contribution in [1.82, 2.24) is 10.4 Å². The Morgan fingerprint density at radius 1 is 0.966 bits per heavy atom. The van der Waals surface area contributed by atoms with E-state index < -0.39 is 12.0 Å². The van der Waals surface area contributed by atoms with Gasteiger partial charge in [-0.05, 0) is 69.1 Å². The summed E-state index contributed by atoms with van der Waals surface area (Å²) < 4.78 is 5.64. The van der Waals surface area contributed by atoms with Crippen molar-refractivity contribution in [2.75, 3.05) is 7.11 Å². The Labute approximate surface area is 180 Å². The number of nitrogens with one attached hydrogen (secondary N) is 1. The van der Waals surface area contributed by atoms with Gasteiger partial charge in [0.05, 0.1) is 6.10 Å². The van der Waals surface area contributed by atoms with E-state index in [2.05, 4.69) is 10.4 Å². The van der Waals surface area contributed by atoms with Crippen LogP contribution in [0, 0.1) is 17.8 Å². The lowest BCUT2D eigenvalue weighted by Crippen LogP contribution is -2.53. The van der Waals surface area contributed by atoms with E-state index in [0.29, 0.717) is 30.4 Å². The fourth-order valence-corrected chi connectivity index (χ4v) is 7.39. The highest BCUT2D eigenvalue weighted by Crippen LogP contribution is 2.45. The van der Waals surface area contributed by atoms with Crippen LogP contribution in [0.3, 0.4) is 0 Å². The summed E-state index contributed by atoms with van der Waals surface area (Å²) in [5.41, 5.74) is 3.38. The molecule has 1 heterocycles. The van der Waals surface area contributed by atoms with Crippen LogP contribution < -0.4 is 5.43 Å². The average molecular weight is 427 g/mol. The maximum Gasteiger partial charge on any atom is 0.322 e. The molecule has 7 unspecified atom stereocenters. The lowest BCUT2D eigenvalue weighted by atomic mass is 9.69. The molecule has 7 atom stereocenters. The summed E-state index contributed by atoms with van der Waals surface area (Å²) in [6.07, 6.45) is 15.7. The number of rotatable bonds is 5. The van der Waals surface area contributed by atoms with Crippen LogP contribution in [0.2, 0.25) is 0 Å². The van der Waals surface area contributed by atoms with E-state index in [-0.39, 0.29) is 11.4 Å². The Kier molecular flexibility index (Phi) is 7.42. The summed E-state index contributed by atoms with van der Waals surface area (Å²) in [6, 6.07) is 0.186. The third kappa shape index (κ3) is 4.94. The first-order chi connectivity index (χ1) is 14.1. The van der Waals surface area contributed by atoms with Gasteiger partial charge in [-0.15, -0.1) is 11.6 Å². The van der Waals surface area contributed by atoms with Crippen molar-refractivity contribution in [3.63, 3.8) is 0 Å². The number of carbonyl (C=O) groups is 1. The molecule has 6 heteroatoms. The second-order valence-electron chi connectivity index (χ2n) is 10.1. The Balaban J connectivity index is 1.42. The minimum atomic E-state index is -0.727. The Morgan fingerprint density at radius 2 is 1.76 bits per heavy atom. The molecule has 1 aliphatic heterocycles. The molecule has 3 aliphatic carbocycles. The number of hydrazine groups is 1. The highest BCUT2D eigenvalue weighted by Gasteiger charge is 2.46. The topological polar surface area (TPSA) is 61.8 Å². The van der Waals surface area contributed by atoms with Gasteiger partial charge >= 0.3 is 5.97 Å². The maximum atomic E-state index is 11.8. The standard InChI is InChI=1S/C23H39ClN2O3/c1-29-18-9-5-8-17(13-18)26-22(14-21(25-26)23(27)28)16-10-11-19(20(24)12-16)15-6-3-2-4-7-15/h15-22,25H,2-14H2,1H3,(H,27,28). The van der Waals surface area contributed by atoms with E-state index in [0.717, 1.165) is 38.0 Å². The van der Waals surface area contributed by atoms with Gasteiger partial charge in [0.1, 0.15) is 6.04 Å². The van der Waals surface area contributed by atoms with E-state index in [1.807, 2.05) is 0 Å². The number of carboxylic acid groups (broad SMARTS) is 1. The minimum absolute atomic E-state index is 0.251. The van der Waals surface area contributed by atoms with Gasteiger partial charge in [-0.3, -0.25) is 4.79 Å². The number of methoxy groups -OCH3 is 1. The molecule has 0 aromatic heterocycles. The quantitative estimate of drug-likeness (QED) is 0.630. The summed E-state index contributed by atoms with van der Waals surface area (Å²) in [7, 11) is 1.80. The van der Waals surface area contributed by atoms with Gasteiger partial charge in [0, 0.05) is 24.6 Å². The molecule has 0 aromatic rings. The smallest absolute Gasteiger partial charge is 0.322 e. The summed E-state index contributed by atoms with van der Waals surface area (Å²) in [5, 5.41) is 12.3. The first-order valence-electron chi connectivity index (χ1n) is 12.0. The number of ether oxygens (including phenoxy) is 1. The van der Waals surface area contributed by atoms with Gasteiger partial charge in [-0.2, -0.15) is 0 Å². The number of aliphatic carboxylic acids is 1. The predicted molar refractivity (Wildman–Crippen MR) is 115 cm³/mol. The van der Waals surface area contributed by atoms with E-state index in [1.54, 1.807) is 7.11 Å². The van der Waals surface area contributed by atoms with E-state index in [4.69, 9.17) is 16.3 Å². The van der Waals surface area contributed by atoms with Gasteiger partial charge in [-0.1, -0.05) is 32.1 Å². The molecular weight excluding hydrogens is 388 g/mol. The van der Waals surface area contributed by atoms with Crippen LogP contribution in [0.4, 0.5) is 0 Å². The van der Waals surface area contributed by atoms with Gasteiger partial charge < -0.3 is 9.84 Å². The third-order valence-corrected chi connectivity index (χ3v) is 8.93. The van der Waals surface area contributed by atoms with E-state index in [1.165, 1.54) is 44.9 Å². The third-order valence-electron chi connectivity index (χ3n) is 8.43. The summed E-state index contributed by atoms with van der Waals surface area (Å²) in [5.74, 6) is 1.25. The first kappa shape index (κ1) is 21.9. The lowest BCUT2D eigenvalue weighted by Gasteiger charge is -2.44. The molecule has 4 fully saturated rings. The van der Waals surface area contributed by atoms with Crippen molar-refractivity contribution < 1.29 is 14.6 Å². The SMILES string of the molecule is COC1CCCC(N2NC(C(=O)O)CC2C2CCC(C3CCCCC3)C(Cl)C2)C1. The van der Waals surface area contributed by atoms with Gasteiger partial charge in [0.25, 0.3) is 0 Å². The summed E-state index contributed by atoms with van der Waals surface area (Å²) >= 11 is 6.99. The fraction of sp³-hybridized carbons (Fsp3) is 0.957. The molecule has 5 nitrogen and oxygen atoms in total. The number of nitrogens with zero attached hydrogens (tertiary/aromatic N) is 1. The van der Waals surface area contributed by atoms with Crippen LogP contribution in [0.5, 0.6) is 0 Å². The Hall–Kier alpha value is -0.360. The van der Waals surface area contributed by atoms with Crippen LogP contribution in [0.15, 0.2) is 0 Å². The molecule has 1 saturated heterocycles. The molecule has 0 amide bonds. The molecule has 4 rings (SSSR count). The number of hydrogen-bond donors (Lipinski definition) is 2. The first-order valence-corrected chi connectivity index (χ1v) is 12.4. The molecule has 29 heavy (non-hydrogen) atoms. The average Bonchev–Trinajstić information content (AvgIpc) is 3.20. The number of alkyl halides is 1. The number of halogens is 1. The molecule has 0 radical (unpaired) electrons. The fourth-order valence-electron chi connectivity index (χ4n) is 6.83. The molecule has 2 N–H and O–H groups in total. The second kappa shape index (κ2) is 9.84. The molecule has 4 aliphatic rings. The van der Waals surface area contributed by atoms with Crippen LogP contribution in [0.25, 0.3) is 0 Å². The monoisotopic (exact) mass is 426 g/mol. The largest absolute Gasteiger partial charge is 0.480 e. The van der Waals surface area contributed by atoms with Crippen LogP contribution in [0.1, 0.15) is 83.5 Å². The number of carboxylic acids is 1. The van der Waals surface area contributed by atoms with Crippen molar-refractivity contribution in [2.45, 2.75) is 113 Å². The van der Waals surface area contributed by atoms with Gasteiger partial charge in [0.15, 0.2) is 0 Å².